The second-order valence-electron chi connectivity index (χ2n) is 4.78. The molecule has 2 aromatic rings. The quantitative estimate of drug-likeness (QED) is 0.282. The van der Waals surface area contributed by atoms with Crippen LogP contribution in [0.3, 0.4) is 0 Å². The van der Waals surface area contributed by atoms with Gasteiger partial charge in [-0.15, -0.1) is 0 Å². The average Bonchev–Trinajstić information content (AvgIpc) is 2.36. The maximum atomic E-state index is 9.87. The molecule has 0 atom stereocenters. The first kappa shape index (κ1) is 19.6. The van der Waals surface area contributed by atoms with Gasteiger partial charge >= 0.3 is 33.0 Å². The minimum absolute atomic E-state index is 0.328. The molecule has 2 rings (SSSR count). The third-order valence-corrected chi connectivity index (χ3v) is 3.60. The molecular formula is C14H15F6OPS. The Balaban J connectivity index is 0.000000322. The molecule has 0 amide bonds. The van der Waals surface area contributed by atoms with Gasteiger partial charge in [0.15, 0.2) is 4.90 Å². The molecule has 0 aliphatic rings. The van der Waals surface area contributed by atoms with Crippen molar-refractivity contribution in [2.75, 3.05) is 0 Å². The van der Waals surface area contributed by atoms with Crippen LogP contribution in [-0.2, 0) is 17.5 Å². The summed E-state index contributed by atoms with van der Waals surface area (Å²) in [5, 5.41) is 9.17. The number of hydrogen-bond acceptors (Lipinski definition) is 1. The van der Waals surface area contributed by atoms with Crippen molar-refractivity contribution in [3.05, 3.63) is 59.7 Å². The third-order valence-electron chi connectivity index (χ3n) is 2.41. The van der Waals surface area contributed by atoms with Crippen LogP contribution in [0.15, 0.2) is 53.4 Å². The number of halogens is 6. The van der Waals surface area contributed by atoms with Gasteiger partial charge in [0.25, 0.3) is 0 Å². The number of thiol groups is 1. The summed E-state index contributed by atoms with van der Waals surface area (Å²) in [6.07, 6.45) is 0. The number of benzene rings is 2. The van der Waals surface area contributed by atoms with Crippen molar-refractivity contribution >= 4 is 19.6 Å². The molecule has 2 aromatic carbocycles. The Hall–Kier alpha value is -1.40. The fraction of sp³-hybridized carbons (Fsp3) is 0.143. The molecule has 0 bridgehead atoms. The fourth-order valence-electron chi connectivity index (χ4n) is 1.43. The van der Waals surface area contributed by atoms with Crippen LogP contribution in [-0.4, -0.2) is 5.11 Å². The monoisotopic (exact) mass is 376 g/mol. The van der Waals surface area contributed by atoms with Crippen LogP contribution in [0, 0.1) is 6.92 Å². The van der Waals surface area contributed by atoms with Crippen LogP contribution in [0.4, 0.5) is 25.2 Å². The first-order valence-electron chi connectivity index (χ1n) is 6.27. The van der Waals surface area contributed by atoms with Gasteiger partial charge in [-0.1, -0.05) is 29.8 Å². The fourth-order valence-corrected chi connectivity index (χ4v) is 2.37. The van der Waals surface area contributed by atoms with Crippen molar-refractivity contribution < 1.29 is 30.3 Å². The molecule has 0 saturated carbocycles. The molecule has 0 aliphatic carbocycles. The molecule has 130 valence electrons. The van der Waals surface area contributed by atoms with Crippen LogP contribution in [0.5, 0.6) is 5.75 Å². The van der Waals surface area contributed by atoms with E-state index in [0.29, 0.717) is 5.75 Å². The summed E-state index contributed by atoms with van der Waals surface area (Å²) in [5.41, 5.74) is 2.64. The van der Waals surface area contributed by atoms with E-state index in [-0.39, 0.29) is 0 Å². The Morgan fingerprint density at radius 3 is 1.70 bits per heavy atom. The average molecular weight is 376 g/mol. The van der Waals surface area contributed by atoms with Crippen LogP contribution >= 0.6 is 7.81 Å². The zero-order chi connectivity index (χ0) is 17.8. The first-order chi connectivity index (χ1) is 10.2. The van der Waals surface area contributed by atoms with E-state index in [1.807, 2.05) is 12.1 Å². The van der Waals surface area contributed by atoms with E-state index >= 15 is 0 Å². The standard InChI is InChI=1S/C14H14OS.F6P/c1-11-2-4-12(5-3-11)10-16-14-8-6-13(15)7-9-14;1-7(2,3,4,5)6/h2-9,15H,10H2,1H3;/q;-1/p+1. The van der Waals surface area contributed by atoms with Crippen molar-refractivity contribution in [1.82, 2.24) is 0 Å². The minimum atomic E-state index is -10.7. The summed E-state index contributed by atoms with van der Waals surface area (Å²) in [6, 6.07) is 16.0. The van der Waals surface area contributed by atoms with Gasteiger partial charge in [0, 0.05) is 17.3 Å². The number of phenolic OH excluding ortho intramolecular Hbond substituents is 1. The predicted molar refractivity (Wildman–Crippen MR) is 83.6 cm³/mol. The van der Waals surface area contributed by atoms with Crippen LogP contribution in [0.25, 0.3) is 0 Å². The molecule has 23 heavy (non-hydrogen) atoms. The van der Waals surface area contributed by atoms with E-state index < -0.39 is 7.81 Å². The molecule has 9 heteroatoms. The molecule has 0 aliphatic heterocycles. The van der Waals surface area contributed by atoms with E-state index in [2.05, 4.69) is 31.2 Å². The number of aromatic hydroxyl groups is 1. The summed E-state index contributed by atoms with van der Waals surface area (Å²) < 4.78 is 59.2. The Bertz CT molecular complexity index is 581. The summed E-state index contributed by atoms with van der Waals surface area (Å²) >= 11 is 1.27. The van der Waals surface area contributed by atoms with E-state index in [1.165, 1.54) is 27.8 Å². The Morgan fingerprint density at radius 1 is 0.826 bits per heavy atom. The molecule has 1 nitrogen and oxygen atoms in total. The SMILES string of the molecule is Cc1ccc(C[SH+]c2ccc(O)cc2)cc1.F[P-](F)(F)(F)(F)F. The Morgan fingerprint density at radius 2 is 1.26 bits per heavy atom. The van der Waals surface area contributed by atoms with Gasteiger partial charge in [-0.3, -0.25) is 0 Å². The molecule has 1 N–H and O–H groups in total. The Kier molecular flexibility index (Phi) is 5.33. The van der Waals surface area contributed by atoms with Crippen LogP contribution in [0.1, 0.15) is 11.1 Å². The van der Waals surface area contributed by atoms with Gasteiger partial charge in [0.2, 0.25) is 0 Å². The second kappa shape index (κ2) is 6.24. The predicted octanol–water partition coefficient (Wildman–Crippen LogP) is 6.46. The molecule has 0 spiro atoms. The van der Waals surface area contributed by atoms with Crippen LogP contribution < -0.4 is 0 Å². The van der Waals surface area contributed by atoms with Crippen molar-refractivity contribution in [2.45, 2.75) is 17.6 Å². The number of aryl methyl sites for hydroxylation is 1. The van der Waals surface area contributed by atoms with E-state index in [9.17, 15) is 25.2 Å². The summed E-state index contributed by atoms with van der Waals surface area (Å²) in [4.78, 5) is 1.23. The van der Waals surface area contributed by atoms with Gasteiger partial charge in [0.05, 0.1) is 0 Å². The molecule has 0 unspecified atom stereocenters. The van der Waals surface area contributed by atoms with E-state index in [0.717, 1.165) is 5.75 Å². The maximum absolute atomic E-state index is 10.7. The first-order valence-corrected chi connectivity index (χ1v) is 9.38. The molecule has 0 saturated heterocycles. The summed E-state index contributed by atoms with van der Waals surface area (Å²) in [5.74, 6) is 1.35. The molecular weight excluding hydrogens is 361 g/mol. The zero-order valence-corrected chi connectivity index (χ0v) is 13.7. The molecule has 0 heterocycles. The number of hydrogen-bond donors (Lipinski definition) is 1. The van der Waals surface area contributed by atoms with Gasteiger partial charge in [-0.05, 0) is 31.2 Å². The van der Waals surface area contributed by atoms with Crippen molar-refractivity contribution in [3.63, 3.8) is 0 Å². The van der Waals surface area contributed by atoms with Gasteiger partial charge in [-0.25, -0.2) is 0 Å². The normalized spacial score (nSPS) is 14.2. The second-order valence-corrected chi connectivity index (χ2v) is 7.84. The molecule has 0 radical (unpaired) electrons. The third kappa shape index (κ3) is 12.8. The van der Waals surface area contributed by atoms with E-state index in [1.54, 1.807) is 12.1 Å². The van der Waals surface area contributed by atoms with Crippen molar-refractivity contribution in [2.24, 2.45) is 0 Å². The van der Waals surface area contributed by atoms with Gasteiger partial charge in [-0.2, -0.15) is 0 Å². The molecule has 0 aromatic heterocycles. The topological polar surface area (TPSA) is 20.2 Å². The summed E-state index contributed by atoms with van der Waals surface area (Å²) in [7, 11) is -10.7. The Labute approximate surface area is 133 Å². The number of rotatable bonds is 3. The van der Waals surface area contributed by atoms with E-state index in [4.69, 9.17) is 5.11 Å². The van der Waals surface area contributed by atoms with Gasteiger partial charge in [0.1, 0.15) is 11.5 Å². The number of phenols is 1. The molecule has 0 fully saturated rings. The zero-order valence-electron chi connectivity index (χ0n) is 11.9. The summed E-state index contributed by atoms with van der Waals surface area (Å²) in [6.45, 7) is 2.10. The van der Waals surface area contributed by atoms with Crippen molar-refractivity contribution in [1.29, 1.82) is 0 Å². The van der Waals surface area contributed by atoms with Crippen LogP contribution in [0.2, 0.25) is 0 Å². The van der Waals surface area contributed by atoms with Crippen molar-refractivity contribution in [3.8, 4) is 5.75 Å². The van der Waals surface area contributed by atoms with Gasteiger partial charge < -0.3 is 5.11 Å².